The zero-order valence-corrected chi connectivity index (χ0v) is 11.1. The fourth-order valence-corrected chi connectivity index (χ4v) is 3.50. The number of hydrogen-bond donors (Lipinski definition) is 3. The highest BCUT2D eigenvalue weighted by Gasteiger charge is 2.28. The second-order valence-corrected chi connectivity index (χ2v) is 6.72. The normalized spacial score (nSPS) is 14.6. The smallest absolute Gasteiger partial charge is 0.233 e. The molecule has 0 saturated carbocycles. The molecule has 0 amide bonds. The SMILES string of the molecule is CCP(=O)(O)c1c(C)c(O)c2ccccc2c1O. The maximum atomic E-state index is 12.1. The summed E-state index contributed by atoms with van der Waals surface area (Å²) in [4.78, 5) is 9.92. The molecular formula is C13H15O4P. The van der Waals surface area contributed by atoms with Gasteiger partial charge >= 0.3 is 0 Å². The van der Waals surface area contributed by atoms with Crippen LogP contribution in [0.3, 0.4) is 0 Å². The first-order valence-electron chi connectivity index (χ1n) is 5.65. The third kappa shape index (κ3) is 1.78. The third-order valence-electron chi connectivity index (χ3n) is 3.15. The van der Waals surface area contributed by atoms with Gasteiger partial charge in [-0.1, -0.05) is 31.2 Å². The molecule has 5 heteroatoms. The van der Waals surface area contributed by atoms with E-state index in [9.17, 15) is 19.7 Å². The summed E-state index contributed by atoms with van der Waals surface area (Å²) >= 11 is 0. The van der Waals surface area contributed by atoms with Gasteiger partial charge in [0, 0.05) is 22.5 Å². The molecule has 18 heavy (non-hydrogen) atoms. The van der Waals surface area contributed by atoms with Crippen molar-refractivity contribution < 1.29 is 19.7 Å². The van der Waals surface area contributed by atoms with Gasteiger partial charge in [-0.25, -0.2) is 0 Å². The van der Waals surface area contributed by atoms with Crippen molar-refractivity contribution in [1.82, 2.24) is 0 Å². The summed E-state index contributed by atoms with van der Waals surface area (Å²) in [7, 11) is -3.64. The molecule has 0 aliphatic heterocycles. The maximum Gasteiger partial charge on any atom is 0.233 e. The largest absolute Gasteiger partial charge is 0.507 e. The maximum absolute atomic E-state index is 12.1. The Morgan fingerprint density at radius 1 is 1.11 bits per heavy atom. The lowest BCUT2D eigenvalue weighted by molar-refractivity contribution is 0.462. The van der Waals surface area contributed by atoms with Crippen LogP contribution in [0, 0.1) is 6.92 Å². The standard InChI is InChI=1S/C13H15O4P/c1-3-18(16,17)13-8(2)11(14)9-6-4-5-7-10(9)12(13)15/h4-7,14-15H,3H2,1-2H3,(H,16,17). The van der Waals surface area contributed by atoms with Crippen molar-refractivity contribution in [1.29, 1.82) is 0 Å². The summed E-state index contributed by atoms with van der Waals surface area (Å²) in [5, 5.41) is 21.1. The molecule has 4 nitrogen and oxygen atoms in total. The Balaban J connectivity index is 2.96. The van der Waals surface area contributed by atoms with E-state index in [2.05, 4.69) is 0 Å². The highest BCUT2D eigenvalue weighted by Crippen LogP contribution is 2.47. The van der Waals surface area contributed by atoms with Crippen LogP contribution in [-0.4, -0.2) is 21.3 Å². The summed E-state index contributed by atoms with van der Waals surface area (Å²) < 4.78 is 12.1. The van der Waals surface area contributed by atoms with Crippen LogP contribution in [-0.2, 0) is 4.57 Å². The lowest BCUT2D eigenvalue weighted by atomic mass is 10.0. The van der Waals surface area contributed by atoms with Crippen LogP contribution in [0.1, 0.15) is 12.5 Å². The van der Waals surface area contributed by atoms with Crippen molar-refractivity contribution in [2.45, 2.75) is 13.8 Å². The molecule has 0 saturated heterocycles. The topological polar surface area (TPSA) is 77.8 Å². The quantitative estimate of drug-likeness (QED) is 0.576. The van der Waals surface area contributed by atoms with Gasteiger partial charge in [-0.3, -0.25) is 4.57 Å². The van der Waals surface area contributed by atoms with Crippen LogP contribution in [0.4, 0.5) is 0 Å². The van der Waals surface area contributed by atoms with Crippen LogP contribution >= 0.6 is 7.37 Å². The van der Waals surface area contributed by atoms with Crippen molar-refractivity contribution in [2.24, 2.45) is 0 Å². The van der Waals surface area contributed by atoms with E-state index in [0.29, 0.717) is 10.8 Å². The van der Waals surface area contributed by atoms with Crippen LogP contribution in [0.2, 0.25) is 0 Å². The Kier molecular flexibility index (Phi) is 3.09. The van der Waals surface area contributed by atoms with Crippen LogP contribution in [0.5, 0.6) is 11.5 Å². The van der Waals surface area contributed by atoms with E-state index in [4.69, 9.17) is 0 Å². The predicted octanol–water partition coefficient (Wildman–Crippen LogP) is 2.48. The Labute approximate surface area is 105 Å². The van der Waals surface area contributed by atoms with E-state index in [1.165, 1.54) is 6.92 Å². The van der Waals surface area contributed by atoms with Crippen LogP contribution in [0.15, 0.2) is 24.3 Å². The minimum absolute atomic E-state index is 0.0131. The number of benzene rings is 2. The molecule has 0 aliphatic rings. The summed E-state index contributed by atoms with van der Waals surface area (Å²) in [5.41, 5.74) is 0.263. The van der Waals surface area contributed by atoms with E-state index >= 15 is 0 Å². The molecule has 3 N–H and O–H groups in total. The first-order chi connectivity index (χ1) is 8.40. The van der Waals surface area contributed by atoms with Gasteiger partial charge in [0.15, 0.2) is 0 Å². The van der Waals surface area contributed by atoms with Crippen LogP contribution < -0.4 is 5.30 Å². The number of hydrogen-bond acceptors (Lipinski definition) is 3. The monoisotopic (exact) mass is 266 g/mol. The number of fused-ring (bicyclic) bond motifs is 1. The Hall–Kier alpha value is -1.51. The fraction of sp³-hybridized carbons (Fsp3) is 0.231. The lowest BCUT2D eigenvalue weighted by Crippen LogP contribution is -2.11. The molecular weight excluding hydrogens is 251 g/mol. The summed E-state index contributed by atoms with van der Waals surface area (Å²) in [5.74, 6) is -0.269. The van der Waals surface area contributed by atoms with Gasteiger partial charge in [0.2, 0.25) is 7.37 Å². The molecule has 2 aromatic carbocycles. The second kappa shape index (κ2) is 4.30. The van der Waals surface area contributed by atoms with Gasteiger partial charge in [-0.05, 0) is 6.92 Å². The molecule has 0 aromatic heterocycles. The first kappa shape index (κ1) is 12.9. The van der Waals surface area contributed by atoms with Gasteiger partial charge in [-0.2, -0.15) is 0 Å². The van der Waals surface area contributed by atoms with Gasteiger partial charge in [0.05, 0.1) is 5.30 Å². The number of aromatic hydroxyl groups is 2. The molecule has 0 radical (unpaired) electrons. The fourth-order valence-electron chi connectivity index (χ4n) is 2.10. The predicted molar refractivity (Wildman–Crippen MR) is 72.0 cm³/mol. The van der Waals surface area contributed by atoms with E-state index in [0.717, 1.165) is 0 Å². The summed E-state index contributed by atoms with van der Waals surface area (Å²) in [6.45, 7) is 3.11. The molecule has 1 atom stereocenters. The zero-order chi connectivity index (χ0) is 13.5. The first-order valence-corrected chi connectivity index (χ1v) is 7.50. The van der Waals surface area contributed by atoms with Gasteiger partial charge in [0.25, 0.3) is 0 Å². The average molecular weight is 266 g/mol. The van der Waals surface area contributed by atoms with E-state index in [-0.39, 0.29) is 28.5 Å². The minimum Gasteiger partial charge on any atom is -0.507 e. The minimum atomic E-state index is -3.64. The van der Waals surface area contributed by atoms with Crippen molar-refractivity contribution in [3.05, 3.63) is 29.8 Å². The number of rotatable bonds is 2. The molecule has 0 aliphatic carbocycles. The molecule has 1 unspecified atom stereocenters. The third-order valence-corrected chi connectivity index (χ3v) is 5.25. The summed E-state index contributed by atoms with van der Waals surface area (Å²) in [6.07, 6.45) is 0.0131. The van der Waals surface area contributed by atoms with Crippen molar-refractivity contribution in [2.75, 3.05) is 6.16 Å². The Bertz CT molecular complexity index is 664. The number of phenolic OH excluding ortho intramolecular Hbond substituents is 2. The van der Waals surface area contributed by atoms with Gasteiger partial charge < -0.3 is 15.1 Å². The Morgan fingerprint density at radius 3 is 2.11 bits per heavy atom. The Morgan fingerprint density at radius 2 is 1.61 bits per heavy atom. The van der Waals surface area contributed by atoms with Gasteiger partial charge in [0.1, 0.15) is 11.5 Å². The van der Waals surface area contributed by atoms with Crippen molar-refractivity contribution >= 4 is 23.4 Å². The second-order valence-electron chi connectivity index (χ2n) is 4.23. The van der Waals surface area contributed by atoms with E-state index < -0.39 is 7.37 Å². The van der Waals surface area contributed by atoms with Crippen molar-refractivity contribution in [3.8, 4) is 11.5 Å². The van der Waals surface area contributed by atoms with Crippen LogP contribution in [0.25, 0.3) is 10.8 Å². The molecule has 0 bridgehead atoms. The van der Waals surface area contributed by atoms with E-state index in [1.807, 2.05) is 0 Å². The number of phenols is 2. The molecule has 0 spiro atoms. The average Bonchev–Trinajstić information content (AvgIpc) is 2.36. The highest BCUT2D eigenvalue weighted by molar-refractivity contribution is 7.66. The van der Waals surface area contributed by atoms with Crippen molar-refractivity contribution in [3.63, 3.8) is 0 Å². The molecule has 0 fully saturated rings. The van der Waals surface area contributed by atoms with Gasteiger partial charge in [-0.15, -0.1) is 0 Å². The molecule has 96 valence electrons. The zero-order valence-electron chi connectivity index (χ0n) is 10.2. The highest BCUT2D eigenvalue weighted by atomic mass is 31.2. The molecule has 0 heterocycles. The lowest BCUT2D eigenvalue weighted by Gasteiger charge is -2.17. The molecule has 2 aromatic rings. The summed E-state index contributed by atoms with van der Waals surface area (Å²) in [6, 6.07) is 6.71. The molecule has 2 rings (SSSR count). The van der Waals surface area contributed by atoms with E-state index in [1.54, 1.807) is 31.2 Å².